The van der Waals surface area contributed by atoms with Gasteiger partial charge in [0.25, 0.3) is 0 Å². The van der Waals surface area contributed by atoms with Crippen LogP contribution in [0.3, 0.4) is 0 Å². The van der Waals surface area contributed by atoms with Crippen LogP contribution in [0.1, 0.15) is 36.0 Å². The summed E-state index contributed by atoms with van der Waals surface area (Å²) in [6, 6.07) is 8.08. The number of amides is 1. The van der Waals surface area contributed by atoms with E-state index in [9.17, 15) is 18.0 Å². The Morgan fingerprint density at radius 1 is 1.24 bits per heavy atom. The molecular formula is C22H24N4O6S. The molecule has 0 spiro atoms. The molecule has 1 aliphatic rings. The summed E-state index contributed by atoms with van der Waals surface area (Å²) in [6.07, 6.45) is 2.06. The number of sulfonamides is 1. The number of aryl methyl sites for hydroxylation is 1. The Labute approximate surface area is 191 Å². The lowest BCUT2D eigenvalue weighted by Gasteiger charge is -2.19. The highest BCUT2D eigenvalue weighted by Gasteiger charge is 2.30. The minimum absolute atomic E-state index is 0.0384. The summed E-state index contributed by atoms with van der Waals surface area (Å²) in [6.45, 7) is 1.91. The van der Waals surface area contributed by atoms with Gasteiger partial charge in [-0.3, -0.25) is 9.59 Å². The molecule has 0 atom stereocenters. The summed E-state index contributed by atoms with van der Waals surface area (Å²) in [5, 5.41) is 7.14. The van der Waals surface area contributed by atoms with E-state index in [0.29, 0.717) is 29.0 Å². The molecule has 0 fully saturated rings. The van der Waals surface area contributed by atoms with Gasteiger partial charge in [0, 0.05) is 25.5 Å². The summed E-state index contributed by atoms with van der Waals surface area (Å²) >= 11 is 0. The minimum atomic E-state index is -3.97. The van der Waals surface area contributed by atoms with E-state index in [4.69, 9.17) is 9.15 Å². The Morgan fingerprint density at radius 3 is 2.70 bits per heavy atom. The van der Waals surface area contributed by atoms with Gasteiger partial charge in [-0.15, -0.1) is 0 Å². The maximum absolute atomic E-state index is 13.4. The van der Waals surface area contributed by atoms with Gasteiger partial charge in [-0.1, -0.05) is 13.0 Å². The molecule has 3 aromatic rings. The van der Waals surface area contributed by atoms with Gasteiger partial charge in [0.05, 0.1) is 25.6 Å². The van der Waals surface area contributed by atoms with Gasteiger partial charge in [0.15, 0.2) is 0 Å². The Balaban J connectivity index is 1.84. The number of benzene rings is 1. The SMILES string of the molecule is CCc1nn2c(c1-c1ccc(OC)c(S(=O)(=O)N(C)Cc3ccco3)c1)NC(=O)CCC2=O. The molecule has 1 aromatic carbocycles. The number of furan rings is 1. The van der Waals surface area contributed by atoms with Crippen LogP contribution in [0.15, 0.2) is 45.9 Å². The molecule has 4 rings (SSSR count). The third-order valence-corrected chi connectivity index (χ3v) is 7.28. The number of nitrogens with one attached hydrogen (secondary N) is 1. The zero-order valence-corrected chi connectivity index (χ0v) is 19.3. The predicted molar refractivity (Wildman–Crippen MR) is 119 cm³/mol. The van der Waals surface area contributed by atoms with E-state index in [0.717, 1.165) is 4.31 Å². The first-order valence-electron chi connectivity index (χ1n) is 10.4. The summed E-state index contributed by atoms with van der Waals surface area (Å²) in [7, 11) is -1.13. The maximum Gasteiger partial charge on any atom is 0.249 e. The van der Waals surface area contributed by atoms with E-state index in [1.165, 1.54) is 31.2 Å². The van der Waals surface area contributed by atoms with E-state index >= 15 is 0 Å². The van der Waals surface area contributed by atoms with Crippen molar-refractivity contribution in [1.29, 1.82) is 0 Å². The van der Waals surface area contributed by atoms with Crippen molar-refractivity contribution in [3.05, 3.63) is 48.0 Å². The molecule has 0 saturated carbocycles. The molecule has 10 nitrogen and oxygen atoms in total. The zero-order chi connectivity index (χ0) is 23.8. The lowest BCUT2D eigenvalue weighted by Crippen LogP contribution is -2.26. The molecule has 0 saturated heterocycles. The number of carbonyl (C=O) groups excluding carboxylic acids is 2. The molecule has 0 radical (unpaired) electrons. The summed E-state index contributed by atoms with van der Waals surface area (Å²) < 4.78 is 39.8. The normalized spacial score (nSPS) is 14.2. The van der Waals surface area contributed by atoms with Gasteiger partial charge >= 0.3 is 0 Å². The smallest absolute Gasteiger partial charge is 0.249 e. The lowest BCUT2D eigenvalue weighted by molar-refractivity contribution is -0.116. The van der Waals surface area contributed by atoms with Crippen LogP contribution >= 0.6 is 0 Å². The van der Waals surface area contributed by atoms with E-state index < -0.39 is 10.0 Å². The molecule has 33 heavy (non-hydrogen) atoms. The first-order valence-corrected chi connectivity index (χ1v) is 11.8. The molecule has 1 amide bonds. The fourth-order valence-corrected chi connectivity index (χ4v) is 5.05. The van der Waals surface area contributed by atoms with Gasteiger partial charge < -0.3 is 14.5 Å². The van der Waals surface area contributed by atoms with Crippen molar-refractivity contribution >= 4 is 27.7 Å². The second kappa shape index (κ2) is 8.83. The van der Waals surface area contributed by atoms with Crippen LogP contribution in [-0.2, 0) is 27.8 Å². The van der Waals surface area contributed by atoms with Crippen LogP contribution < -0.4 is 10.1 Å². The molecule has 0 unspecified atom stereocenters. The highest BCUT2D eigenvalue weighted by molar-refractivity contribution is 7.89. The van der Waals surface area contributed by atoms with Crippen molar-refractivity contribution in [2.45, 2.75) is 37.6 Å². The van der Waals surface area contributed by atoms with Crippen LogP contribution in [0.2, 0.25) is 0 Å². The average Bonchev–Trinajstić information content (AvgIpc) is 3.41. The van der Waals surface area contributed by atoms with Gasteiger partial charge in [0.1, 0.15) is 22.2 Å². The van der Waals surface area contributed by atoms with Crippen LogP contribution in [0.4, 0.5) is 5.82 Å². The third-order valence-electron chi connectivity index (χ3n) is 5.45. The summed E-state index contributed by atoms with van der Waals surface area (Å²) in [5.74, 6) is 0.306. The standard InChI is InChI=1S/C22H24N4O6S/c1-4-16-21(22-23-19(27)9-10-20(28)26(22)24-16)14-7-8-17(31-3)18(12-14)33(29,30)25(2)13-15-6-5-11-32-15/h5-8,11-12H,4,9-10,13H2,1-3H3,(H,23,27). The molecule has 174 valence electrons. The third kappa shape index (κ3) is 4.16. The fraction of sp³-hybridized carbons (Fsp3) is 0.318. The number of anilines is 1. The van der Waals surface area contributed by atoms with Gasteiger partial charge in [-0.2, -0.15) is 14.1 Å². The second-order valence-electron chi connectivity index (χ2n) is 7.58. The Hall–Kier alpha value is -3.44. The second-order valence-corrected chi connectivity index (χ2v) is 9.60. The number of hydrogen-bond donors (Lipinski definition) is 1. The molecule has 11 heteroatoms. The highest BCUT2D eigenvalue weighted by Crippen LogP contribution is 2.38. The number of aromatic nitrogens is 2. The monoisotopic (exact) mass is 472 g/mol. The number of ether oxygens (including phenoxy) is 1. The minimum Gasteiger partial charge on any atom is -0.495 e. The van der Waals surface area contributed by atoms with E-state index in [-0.39, 0.29) is 47.7 Å². The summed E-state index contributed by atoms with van der Waals surface area (Å²) in [5.41, 5.74) is 1.57. The quantitative estimate of drug-likeness (QED) is 0.561. The Kier molecular flexibility index (Phi) is 6.09. The lowest BCUT2D eigenvalue weighted by atomic mass is 10.0. The molecule has 0 bridgehead atoms. The Morgan fingerprint density at radius 2 is 2.03 bits per heavy atom. The van der Waals surface area contributed by atoms with Crippen molar-refractivity contribution in [2.75, 3.05) is 19.5 Å². The molecular weight excluding hydrogens is 448 g/mol. The number of rotatable bonds is 7. The van der Waals surface area contributed by atoms with Crippen molar-refractivity contribution in [3.63, 3.8) is 0 Å². The maximum atomic E-state index is 13.4. The van der Waals surface area contributed by atoms with Crippen LogP contribution in [0, 0.1) is 0 Å². The Bertz CT molecular complexity index is 1310. The average molecular weight is 473 g/mol. The number of carbonyl (C=O) groups is 2. The van der Waals surface area contributed by atoms with Crippen molar-refractivity contribution in [2.24, 2.45) is 0 Å². The number of fused-ring (bicyclic) bond motifs is 1. The number of hydrogen-bond acceptors (Lipinski definition) is 7. The van der Waals surface area contributed by atoms with Crippen molar-refractivity contribution in [3.8, 4) is 16.9 Å². The van der Waals surface area contributed by atoms with Crippen LogP contribution in [0.25, 0.3) is 11.1 Å². The molecule has 1 aliphatic heterocycles. The molecule has 2 aromatic heterocycles. The largest absolute Gasteiger partial charge is 0.495 e. The fourth-order valence-electron chi connectivity index (χ4n) is 3.74. The first kappa shape index (κ1) is 22.7. The number of nitrogens with zero attached hydrogens (tertiary/aromatic N) is 3. The molecule has 0 aliphatic carbocycles. The van der Waals surface area contributed by atoms with E-state index in [1.807, 2.05) is 6.92 Å². The van der Waals surface area contributed by atoms with Crippen molar-refractivity contribution < 1.29 is 27.2 Å². The highest BCUT2D eigenvalue weighted by atomic mass is 32.2. The topological polar surface area (TPSA) is 124 Å². The zero-order valence-electron chi connectivity index (χ0n) is 18.5. The van der Waals surface area contributed by atoms with E-state index in [1.54, 1.807) is 24.3 Å². The van der Waals surface area contributed by atoms with Crippen LogP contribution in [0.5, 0.6) is 5.75 Å². The number of methoxy groups -OCH3 is 1. The van der Waals surface area contributed by atoms with Gasteiger partial charge in [-0.05, 0) is 36.2 Å². The van der Waals surface area contributed by atoms with Gasteiger partial charge in [-0.25, -0.2) is 8.42 Å². The van der Waals surface area contributed by atoms with Gasteiger partial charge in [0.2, 0.25) is 21.8 Å². The molecule has 1 N–H and O–H groups in total. The van der Waals surface area contributed by atoms with Crippen LogP contribution in [-0.4, -0.2) is 48.5 Å². The molecule has 3 heterocycles. The summed E-state index contributed by atoms with van der Waals surface area (Å²) in [4.78, 5) is 24.7. The van der Waals surface area contributed by atoms with E-state index in [2.05, 4.69) is 10.4 Å². The first-order chi connectivity index (χ1) is 15.8. The predicted octanol–water partition coefficient (Wildman–Crippen LogP) is 2.91. The van der Waals surface area contributed by atoms with Crippen molar-refractivity contribution in [1.82, 2.24) is 14.1 Å².